The van der Waals surface area contributed by atoms with Gasteiger partial charge in [-0.25, -0.2) is 4.79 Å². The third-order valence-electron chi connectivity index (χ3n) is 0.206. The van der Waals surface area contributed by atoms with Gasteiger partial charge in [0.1, 0.15) is 0 Å². The van der Waals surface area contributed by atoms with Crippen molar-refractivity contribution in [2.24, 2.45) is 0 Å². The van der Waals surface area contributed by atoms with Crippen LogP contribution in [0.5, 0.6) is 0 Å². The molecule has 0 atom stereocenters. The summed E-state index contributed by atoms with van der Waals surface area (Å²) in [5, 5.41) is 22.9. The number of hydrogen-bond donors (Lipinski definition) is 3. The fraction of sp³-hybridized carbons (Fsp3) is 0. The molecule has 8 heteroatoms. The predicted octanol–water partition coefficient (Wildman–Crippen LogP) is -2.27. The van der Waals surface area contributed by atoms with Crippen LogP contribution in [-0.4, -0.2) is 66.4 Å². The van der Waals surface area contributed by atoms with Gasteiger partial charge in [0.25, 0.3) is 0 Å². The van der Waals surface area contributed by atoms with Crippen LogP contribution >= 0.6 is 0 Å². The average molecular weight is 213 g/mol. The quantitative estimate of drug-likeness (QED) is 0.428. The van der Waals surface area contributed by atoms with Gasteiger partial charge in [0.15, 0.2) is 0 Å². The molecule has 46 valence electrons. The molecule has 0 aliphatic rings. The van der Waals surface area contributed by atoms with Gasteiger partial charge in [-0.15, -0.1) is 0 Å². The van der Waals surface area contributed by atoms with Gasteiger partial charge in [-0.05, 0) is 0 Å². The van der Waals surface area contributed by atoms with Crippen molar-refractivity contribution in [3.63, 3.8) is 0 Å². The summed E-state index contributed by atoms with van der Waals surface area (Å²) >= 11 is 0. The summed E-state index contributed by atoms with van der Waals surface area (Å²) in [5.41, 5.74) is 0. The fourth-order valence-electron chi connectivity index (χ4n) is 0.0902. The summed E-state index contributed by atoms with van der Waals surface area (Å²) in [6.07, 6.45) is -1.71. The minimum atomic E-state index is -2.22. The second-order valence-electron chi connectivity index (χ2n) is 0.710. The molecule has 0 aliphatic heterocycles. The van der Waals surface area contributed by atoms with Crippen molar-refractivity contribution in [3.05, 3.63) is 0 Å². The summed E-state index contributed by atoms with van der Waals surface area (Å²) in [5.74, 6) is 0. The topological polar surface area (TPSA) is 87.0 Å². The van der Waals surface area contributed by atoms with E-state index < -0.39 is 13.5 Å². The zero-order valence-electron chi connectivity index (χ0n) is 3.94. The Bertz CT molecular complexity index is 77.4. The normalized spacial score (nSPS) is 6.00. The zero-order valence-corrected chi connectivity index (χ0v) is 6.91. The van der Waals surface area contributed by atoms with E-state index in [4.69, 9.17) is 15.2 Å². The second-order valence-corrected chi connectivity index (χ2v) is 0.710. The molecule has 0 unspecified atom stereocenters. The van der Waals surface area contributed by atoms with E-state index >= 15 is 0 Å². The van der Waals surface area contributed by atoms with Gasteiger partial charge in [0.2, 0.25) is 0 Å². The molecule has 0 saturated carbocycles. The van der Waals surface area contributed by atoms with Crippen LogP contribution in [0.1, 0.15) is 0 Å². The second kappa shape index (κ2) is 9.14. The van der Waals surface area contributed by atoms with Gasteiger partial charge in [0, 0.05) is 19.5 Å². The van der Waals surface area contributed by atoms with Crippen molar-refractivity contribution in [2.75, 3.05) is 0 Å². The molecule has 0 rings (SSSR count). The Hall–Kier alpha value is 1.14. The smallest absolute Gasteiger partial charge is 0 e. The molecule has 0 spiro atoms. The SMILES string of the molecule is O=C(O)OB(O)O.[CaH2].[Zn]. The third kappa shape index (κ3) is 17.6. The van der Waals surface area contributed by atoms with E-state index in [9.17, 15) is 4.79 Å². The summed E-state index contributed by atoms with van der Waals surface area (Å²) in [6, 6.07) is 0. The Morgan fingerprint density at radius 1 is 1.44 bits per heavy atom. The van der Waals surface area contributed by atoms with Crippen molar-refractivity contribution in [1.29, 1.82) is 0 Å². The Morgan fingerprint density at radius 2 is 1.78 bits per heavy atom. The number of hydrogen-bond acceptors (Lipinski definition) is 4. The van der Waals surface area contributed by atoms with E-state index in [-0.39, 0.29) is 57.2 Å². The van der Waals surface area contributed by atoms with E-state index in [0.717, 1.165) is 0 Å². The summed E-state index contributed by atoms with van der Waals surface area (Å²) < 4.78 is 3.28. The summed E-state index contributed by atoms with van der Waals surface area (Å²) in [6.45, 7) is 0. The van der Waals surface area contributed by atoms with Crippen molar-refractivity contribution < 1.29 is 44.1 Å². The van der Waals surface area contributed by atoms with Gasteiger partial charge in [0.05, 0.1) is 0 Å². The fourth-order valence-corrected chi connectivity index (χ4v) is 0.0902. The van der Waals surface area contributed by atoms with Crippen molar-refractivity contribution >= 4 is 51.2 Å². The minimum Gasteiger partial charge on any atom is 0 e. The van der Waals surface area contributed by atoms with Gasteiger partial charge < -0.3 is 19.8 Å². The standard InChI is InChI=1S/CH3BO5.Ca.Zn.2H/c3-1(4)7-2(5)6;;;;/h5-6H,(H,3,4);;;;. The Balaban J connectivity index is -0.000000180. The van der Waals surface area contributed by atoms with Crippen LogP contribution in [0.3, 0.4) is 0 Å². The van der Waals surface area contributed by atoms with Crippen LogP contribution in [-0.2, 0) is 24.1 Å². The van der Waals surface area contributed by atoms with Crippen molar-refractivity contribution in [1.82, 2.24) is 0 Å². The first kappa shape index (κ1) is 16.6. The molecule has 0 bridgehead atoms. The van der Waals surface area contributed by atoms with Crippen LogP contribution < -0.4 is 0 Å². The van der Waals surface area contributed by atoms with Crippen molar-refractivity contribution in [3.8, 4) is 0 Å². The maximum absolute atomic E-state index is 9.27. The van der Waals surface area contributed by atoms with Gasteiger partial charge in [-0.1, -0.05) is 0 Å². The van der Waals surface area contributed by atoms with Gasteiger partial charge in [-0.3, -0.25) is 0 Å². The Kier molecular flexibility index (Phi) is 16.9. The Labute approximate surface area is 94.3 Å². The molecule has 0 aromatic carbocycles. The maximum Gasteiger partial charge on any atom is 0 e. The molecule has 0 aliphatic carbocycles. The first-order valence-corrected chi connectivity index (χ1v) is 1.38. The first-order chi connectivity index (χ1) is 3.13. The molecule has 9 heavy (non-hydrogen) atoms. The molecule has 0 aromatic heterocycles. The summed E-state index contributed by atoms with van der Waals surface area (Å²) in [4.78, 5) is 9.27. The van der Waals surface area contributed by atoms with Crippen LogP contribution in [0.2, 0.25) is 0 Å². The van der Waals surface area contributed by atoms with Crippen LogP contribution in [0, 0.1) is 0 Å². The van der Waals surface area contributed by atoms with E-state index in [1.807, 2.05) is 0 Å². The summed E-state index contributed by atoms with van der Waals surface area (Å²) in [7, 11) is -2.22. The van der Waals surface area contributed by atoms with Crippen molar-refractivity contribution in [2.45, 2.75) is 0 Å². The zero-order chi connectivity index (χ0) is 5.86. The molecule has 0 fully saturated rings. The minimum absolute atomic E-state index is 0. The predicted molar refractivity (Wildman–Crippen MR) is 27.8 cm³/mol. The third-order valence-corrected chi connectivity index (χ3v) is 0.206. The molecular formula is CH5BCaO5Zn. The first-order valence-electron chi connectivity index (χ1n) is 1.38. The average Bonchev–Trinajstić information content (AvgIpc) is 1.27. The molecule has 3 N–H and O–H groups in total. The molecule has 5 nitrogen and oxygen atoms in total. The number of rotatable bonds is 1. The monoisotopic (exact) mass is 212 g/mol. The maximum atomic E-state index is 9.27. The van der Waals surface area contributed by atoms with Crippen LogP contribution in [0.4, 0.5) is 4.79 Å². The number of carboxylic acid groups (broad SMARTS) is 1. The molecule has 0 heterocycles. The van der Waals surface area contributed by atoms with E-state index in [1.54, 1.807) is 0 Å². The van der Waals surface area contributed by atoms with Gasteiger partial charge in [-0.2, -0.15) is 0 Å². The molecule has 0 saturated heterocycles. The molecule has 0 aromatic rings. The van der Waals surface area contributed by atoms with Gasteiger partial charge >= 0.3 is 51.2 Å². The molecular weight excluding hydrogens is 208 g/mol. The van der Waals surface area contributed by atoms with E-state index in [2.05, 4.69) is 4.65 Å². The van der Waals surface area contributed by atoms with Crippen LogP contribution in [0.25, 0.3) is 0 Å². The number of carbonyl (C=O) groups is 1. The van der Waals surface area contributed by atoms with E-state index in [1.165, 1.54) is 0 Å². The molecule has 0 amide bonds. The largest absolute Gasteiger partial charge is 0 e. The van der Waals surface area contributed by atoms with Crippen LogP contribution in [0.15, 0.2) is 0 Å². The van der Waals surface area contributed by atoms with E-state index in [0.29, 0.717) is 0 Å². The Morgan fingerprint density at radius 3 is 1.78 bits per heavy atom. The molecule has 0 radical (unpaired) electrons.